The number of nitrogens with one attached hydrogen (secondary N) is 1. The van der Waals surface area contributed by atoms with Gasteiger partial charge in [0.15, 0.2) is 0 Å². The Morgan fingerprint density at radius 1 is 1.17 bits per heavy atom. The average molecular weight is 253 g/mol. The summed E-state index contributed by atoms with van der Waals surface area (Å²) in [5.41, 5.74) is 0.543. The van der Waals surface area contributed by atoms with E-state index < -0.39 is 11.6 Å². The molecule has 0 bridgehead atoms. The molecule has 0 aromatic heterocycles. The summed E-state index contributed by atoms with van der Waals surface area (Å²) < 4.78 is 26.3. The molecule has 2 atom stereocenters. The molecule has 1 aromatic carbocycles. The van der Waals surface area contributed by atoms with Gasteiger partial charge in [0, 0.05) is 24.2 Å². The second-order valence-corrected chi connectivity index (χ2v) is 5.53. The minimum absolute atomic E-state index is 0.434. The minimum atomic E-state index is -0.518. The smallest absolute Gasteiger partial charge is 0.130 e. The zero-order valence-electron chi connectivity index (χ0n) is 11.0. The van der Waals surface area contributed by atoms with E-state index in [1.54, 1.807) is 0 Å². The van der Waals surface area contributed by atoms with E-state index in [1.165, 1.54) is 31.4 Å². The molecule has 1 saturated carbocycles. The molecule has 1 fully saturated rings. The molecule has 3 heteroatoms. The summed E-state index contributed by atoms with van der Waals surface area (Å²) >= 11 is 0. The molecule has 18 heavy (non-hydrogen) atoms. The van der Waals surface area contributed by atoms with Crippen LogP contribution in [0.3, 0.4) is 0 Å². The SMILES string of the molecule is CC1CCCC(C)C1NCc1ccc(F)cc1F. The molecule has 0 aliphatic heterocycles. The Labute approximate surface area is 108 Å². The van der Waals surface area contributed by atoms with Gasteiger partial charge in [-0.15, -0.1) is 0 Å². The third-order valence-corrected chi connectivity index (χ3v) is 4.09. The maximum atomic E-state index is 13.5. The van der Waals surface area contributed by atoms with Crippen molar-refractivity contribution in [3.05, 3.63) is 35.4 Å². The molecule has 1 aliphatic carbocycles. The molecule has 1 aromatic rings. The molecular formula is C15H21F2N. The molecule has 2 rings (SSSR count). The van der Waals surface area contributed by atoms with Crippen molar-refractivity contribution in [1.29, 1.82) is 0 Å². The van der Waals surface area contributed by atoms with Crippen molar-refractivity contribution in [2.45, 2.75) is 45.7 Å². The van der Waals surface area contributed by atoms with E-state index in [2.05, 4.69) is 19.2 Å². The van der Waals surface area contributed by atoms with E-state index in [0.29, 0.717) is 30.0 Å². The van der Waals surface area contributed by atoms with Crippen LogP contribution in [-0.2, 0) is 6.54 Å². The first-order valence-corrected chi connectivity index (χ1v) is 6.75. The van der Waals surface area contributed by atoms with Crippen molar-refractivity contribution < 1.29 is 8.78 Å². The Bertz CT molecular complexity index is 395. The summed E-state index contributed by atoms with van der Waals surface area (Å²) in [6.45, 7) is 4.97. The van der Waals surface area contributed by atoms with Gasteiger partial charge in [-0.2, -0.15) is 0 Å². The Morgan fingerprint density at radius 3 is 2.44 bits per heavy atom. The lowest BCUT2D eigenvalue weighted by molar-refractivity contribution is 0.207. The quantitative estimate of drug-likeness (QED) is 0.862. The third-order valence-electron chi connectivity index (χ3n) is 4.09. The van der Waals surface area contributed by atoms with E-state index >= 15 is 0 Å². The lowest BCUT2D eigenvalue weighted by Gasteiger charge is -2.35. The Kier molecular flexibility index (Phi) is 4.33. The largest absolute Gasteiger partial charge is 0.309 e. The van der Waals surface area contributed by atoms with Crippen LogP contribution < -0.4 is 5.32 Å². The van der Waals surface area contributed by atoms with Gasteiger partial charge >= 0.3 is 0 Å². The van der Waals surface area contributed by atoms with Gasteiger partial charge in [-0.05, 0) is 30.7 Å². The average Bonchev–Trinajstić information content (AvgIpc) is 2.31. The van der Waals surface area contributed by atoms with Crippen LogP contribution in [0.1, 0.15) is 38.7 Å². The Hall–Kier alpha value is -0.960. The predicted molar refractivity (Wildman–Crippen MR) is 69.2 cm³/mol. The Morgan fingerprint density at radius 2 is 1.83 bits per heavy atom. The highest BCUT2D eigenvalue weighted by Crippen LogP contribution is 2.29. The van der Waals surface area contributed by atoms with Crippen LogP contribution in [0.15, 0.2) is 18.2 Å². The monoisotopic (exact) mass is 253 g/mol. The van der Waals surface area contributed by atoms with Crippen LogP contribution in [0.2, 0.25) is 0 Å². The van der Waals surface area contributed by atoms with Gasteiger partial charge in [-0.25, -0.2) is 8.78 Å². The van der Waals surface area contributed by atoms with Crippen LogP contribution in [-0.4, -0.2) is 6.04 Å². The summed E-state index contributed by atoms with van der Waals surface area (Å²) in [4.78, 5) is 0. The van der Waals surface area contributed by atoms with Gasteiger partial charge in [-0.1, -0.05) is 26.3 Å². The van der Waals surface area contributed by atoms with E-state index in [0.717, 1.165) is 6.07 Å². The number of rotatable bonds is 3. The lowest BCUT2D eigenvalue weighted by atomic mass is 9.78. The van der Waals surface area contributed by atoms with Gasteiger partial charge in [-0.3, -0.25) is 0 Å². The zero-order chi connectivity index (χ0) is 13.1. The van der Waals surface area contributed by atoms with E-state index in [9.17, 15) is 8.78 Å². The van der Waals surface area contributed by atoms with Crippen molar-refractivity contribution in [2.24, 2.45) is 11.8 Å². The molecule has 1 aliphatic rings. The van der Waals surface area contributed by atoms with Crippen molar-refractivity contribution in [3.63, 3.8) is 0 Å². The molecule has 2 unspecified atom stereocenters. The molecule has 0 saturated heterocycles. The fourth-order valence-electron chi connectivity index (χ4n) is 2.98. The zero-order valence-corrected chi connectivity index (χ0v) is 11.0. The molecule has 100 valence electrons. The van der Waals surface area contributed by atoms with Gasteiger partial charge in [0.1, 0.15) is 11.6 Å². The molecule has 0 radical (unpaired) electrons. The topological polar surface area (TPSA) is 12.0 Å². The van der Waals surface area contributed by atoms with Gasteiger partial charge in [0.25, 0.3) is 0 Å². The summed E-state index contributed by atoms with van der Waals surface area (Å²) in [7, 11) is 0. The van der Waals surface area contributed by atoms with Crippen molar-refractivity contribution in [3.8, 4) is 0 Å². The summed E-state index contributed by atoms with van der Waals surface area (Å²) in [5, 5.41) is 3.44. The highest BCUT2D eigenvalue weighted by molar-refractivity contribution is 5.18. The first-order chi connectivity index (χ1) is 8.58. The highest BCUT2D eigenvalue weighted by atomic mass is 19.1. The second kappa shape index (κ2) is 5.79. The first kappa shape index (κ1) is 13.5. The van der Waals surface area contributed by atoms with Crippen LogP contribution in [0.5, 0.6) is 0 Å². The van der Waals surface area contributed by atoms with Crippen molar-refractivity contribution in [2.75, 3.05) is 0 Å². The normalized spacial score (nSPS) is 28.3. The minimum Gasteiger partial charge on any atom is -0.309 e. The van der Waals surface area contributed by atoms with Crippen LogP contribution >= 0.6 is 0 Å². The molecule has 1 nitrogen and oxygen atoms in total. The van der Waals surface area contributed by atoms with Gasteiger partial charge in [0.05, 0.1) is 0 Å². The number of benzene rings is 1. The maximum Gasteiger partial charge on any atom is 0.130 e. The maximum absolute atomic E-state index is 13.5. The van der Waals surface area contributed by atoms with E-state index in [4.69, 9.17) is 0 Å². The summed E-state index contributed by atoms with van der Waals surface area (Å²) in [5.74, 6) is 0.267. The lowest BCUT2D eigenvalue weighted by Crippen LogP contribution is -2.42. The van der Waals surface area contributed by atoms with Crippen LogP contribution in [0.25, 0.3) is 0 Å². The number of hydrogen-bond acceptors (Lipinski definition) is 1. The fourth-order valence-corrected chi connectivity index (χ4v) is 2.98. The fraction of sp³-hybridized carbons (Fsp3) is 0.600. The molecular weight excluding hydrogens is 232 g/mol. The molecule has 0 heterocycles. The Balaban J connectivity index is 1.97. The highest BCUT2D eigenvalue weighted by Gasteiger charge is 2.27. The van der Waals surface area contributed by atoms with Gasteiger partial charge in [0.2, 0.25) is 0 Å². The summed E-state index contributed by atoms with van der Waals surface area (Å²) in [6.07, 6.45) is 3.74. The van der Waals surface area contributed by atoms with E-state index in [1.807, 2.05) is 0 Å². The van der Waals surface area contributed by atoms with E-state index in [-0.39, 0.29) is 0 Å². The molecule has 0 spiro atoms. The molecule has 0 amide bonds. The summed E-state index contributed by atoms with van der Waals surface area (Å²) in [6, 6.07) is 4.22. The van der Waals surface area contributed by atoms with Crippen LogP contribution in [0.4, 0.5) is 8.78 Å². The third kappa shape index (κ3) is 3.08. The number of halogens is 2. The van der Waals surface area contributed by atoms with Crippen molar-refractivity contribution in [1.82, 2.24) is 5.32 Å². The molecule has 1 N–H and O–H groups in total. The predicted octanol–water partition coefficient (Wildman–Crippen LogP) is 3.88. The van der Waals surface area contributed by atoms with Crippen molar-refractivity contribution >= 4 is 0 Å². The first-order valence-electron chi connectivity index (χ1n) is 6.75. The van der Waals surface area contributed by atoms with Gasteiger partial charge < -0.3 is 5.32 Å². The number of hydrogen-bond donors (Lipinski definition) is 1. The second-order valence-electron chi connectivity index (χ2n) is 5.53. The van der Waals surface area contributed by atoms with Crippen LogP contribution in [0, 0.1) is 23.5 Å². The standard InChI is InChI=1S/C15H21F2N/c1-10-4-3-5-11(2)15(10)18-9-12-6-7-13(16)8-14(12)17/h6-8,10-11,15,18H,3-5,9H2,1-2H3.